The summed E-state index contributed by atoms with van der Waals surface area (Å²) >= 11 is 0. The van der Waals surface area contributed by atoms with Crippen molar-refractivity contribution in [2.24, 2.45) is 0 Å². The second-order valence-corrected chi connectivity index (χ2v) is 7.67. The first-order valence-electron chi connectivity index (χ1n) is 10.3. The van der Waals surface area contributed by atoms with E-state index in [-0.39, 0.29) is 0 Å². The van der Waals surface area contributed by atoms with E-state index < -0.39 is 0 Å². The van der Waals surface area contributed by atoms with E-state index in [1.54, 1.807) is 6.20 Å². The number of rotatable bonds is 5. The van der Waals surface area contributed by atoms with E-state index in [4.69, 9.17) is 9.72 Å². The summed E-state index contributed by atoms with van der Waals surface area (Å²) in [6, 6.07) is 8.25. The molecule has 4 heterocycles. The Labute approximate surface area is 175 Å². The SMILES string of the molecule is Cc1nc(-c2ccc(-c3cnc4ncn(CCN5CCOCC5)c4n3)cc2)[nH]c1C. The molecule has 154 valence electrons. The average Bonchev–Trinajstić information content (AvgIpc) is 3.35. The summed E-state index contributed by atoms with van der Waals surface area (Å²) in [7, 11) is 0. The predicted molar refractivity (Wildman–Crippen MR) is 115 cm³/mol. The Hall–Kier alpha value is -3.10. The molecule has 0 unspecified atom stereocenters. The molecule has 0 bridgehead atoms. The normalized spacial score (nSPS) is 15.1. The molecule has 0 radical (unpaired) electrons. The topological polar surface area (TPSA) is 84.8 Å². The first-order valence-corrected chi connectivity index (χ1v) is 10.3. The van der Waals surface area contributed by atoms with Crippen LogP contribution in [0, 0.1) is 13.8 Å². The summed E-state index contributed by atoms with van der Waals surface area (Å²) in [6.07, 6.45) is 3.62. The van der Waals surface area contributed by atoms with Gasteiger partial charge in [-0.15, -0.1) is 0 Å². The van der Waals surface area contributed by atoms with Crippen LogP contribution in [0.15, 0.2) is 36.8 Å². The van der Waals surface area contributed by atoms with Gasteiger partial charge in [-0.1, -0.05) is 24.3 Å². The van der Waals surface area contributed by atoms with Crippen molar-refractivity contribution in [2.45, 2.75) is 20.4 Å². The third kappa shape index (κ3) is 3.71. The highest BCUT2D eigenvalue weighted by Gasteiger charge is 2.13. The van der Waals surface area contributed by atoms with Crippen LogP contribution in [-0.2, 0) is 11.3 Å². The molecule has 1 N–H and O–H groups in total. The van der Waals surface area contributed by atoms with Crippen LogP contribution < -0.4 is 0 Å². The Kier molecular flexibility index (Phi) is 5.02. The van der Waals surface area contributed by atoms with Crippen LogP contribution in [0.1, 0.15) is 11.4 Å². The summed E-state index contributed by atoms with van der Waals surface area (Å²) < 4.78 is 7.51. The number of nitrogens with zero attached hydrogens (tertiary/aromatic N) is 6. The van der Waals surface area contributed by atoms with Crippen molar-refractivity contribution in [3.63, 3.8) is 0 Å². The minimum absolute atomic E-state index is 0.680. The number of ether oxygens (including phenoxy) is 1. The summed E-state index contributed by atoms with van der Waals surface area (Å²) in [5.41, 5.74) is 6.54. The Morgan fingerprint density at radius 1 is 0.967 bits per heavy atom. The maximum atomic E-state index is 5.43. The highest BCUT2D eigenvalue weighted by molar-refractivity contribution is 5.72. The molecule has 1 aliphatic heterocycles. The highest BCUT2D eigenvalue weighted by Crippen LogP contribution is 2.23. The third-order valence-corrected chi connectivity index (χ3v) is 5.67. The molecular formula is C22H25N7O. The van der Waals surface area contributed by atoms with Crippen molar-refractivity contribution in [3.8, 4) is 22.6 Å². The second kappa shape index (κ2) is 7.97. The van der Waals surface area contributed by atoms with Crippen LogP contribution in [0.5, 0.6) is 0 Å². The molecule has 8 nitrogen and oxygen atoms in total. The quantitative estimate of drug-likeness (QED) is 0.552. The standard InChI is InChI=1S/C22H25N7O/c1-15-16(2)26-20(25-15)18-5-3-17(4-6-18)19-13-23-21-22(27-19)29(14-24-21)8-7-28-9-11-30-12-10-28/h3-6,13-14H,7-12H2,1-2H3,(H,25,26). The summed E-state index contributed by atoms with van der Waals surface area (Å²) in [5.74, 6) is 0.888. The van der Waals surface area contributed by atoms with E-state index in [2.05, 4.69) is 53.7 Å². The molecule has 8 heteroatoms. The first-order chi connectivity index (χ1) is 14.7. The maximum absolute atomic E-state index is 5.43. The van der Waals surface area contributed by atoms with E-state index >= 15 is 0 Å². The maximum Gasteiger partial charge on any atom is 0.197 e. The van der Waals surface area contributed by atoms with E-state index in [0.29, 0.717) is 5.65 Å². The number of fused-ring (bicyclic) bond motifs is 1. The zero-order valence-corrected chi connectivity index (χ0v) is 17.3. The van der Waals surface area contributed by atoms with E-state index in [9.17, 15) is 0 Å². The summed E-state index contributed by atoms with van der Waals surface area (Å²) in [4.78, 5) is 24.1. The molecule has 1 aliphatic rings. The van der Waals surface area contributed by atoms with Crippen LogP contribution in [0.2, 0.25) is 0 Å². The third-order valence-electron chi connectivity index (χ3n) is 5.67. The highest BCUT2D eigenvalue weighted by atomic mass is 16.5. The lowest BCUT2D eigenvalue weighted by molar-refractivity contribution is 0.0365. The van der Waals surface area contributed by atoms with Crippen molar-refractivity contribution in [2.75, 3.05) is 32.8 Å². The molecule has 0 aliphatic carbocycles. The molecule has 4 aromatic rings. The molecule has 3 aromatic heterocycles. The minimum Gasteiger partial charge on any atom is -0.379 e. The van der Waals surface area contributed by atoms with Crippen molar-refractivity contribution in [3.05, 3.63) is 48.2 Å². The van der Waals surface area contributed by atoms with Gasteiger partial charge in [0.15, 0.2) is 11.3 Å². The number of aryl methyl sites for hydroxylation is 2. The Morgan fingerprint density at radius 2 is 1.73 bits per heavy atom. The van der Waals surface area contributed by atoms with Gasteiger partial charge >= 0.3 is 0 Å². The molecule has 1 aromatic carbocycles. The van der Waals surface area contributed by atoms with Crippen molar-refractivity contribution >= 4 is 11.3 Å². The molecule has 5 rings (SSSR count). The number of benzene rings is 1. The van der Waals surface area contributed by atoms with Gasteiger partial charge in [-0.2, -0.15) is 0 Å². The number of aromatic nitrogens is 6. The van der Waals surface area contributed by atoms with E-state index in [1.165, 1.54) is 0 Å². The van der Waals surface area contributed by atoms with Gasteiger partial charge in [0.05, 0.1) is 37.1 Å². The average molecular weight is 403 g/mol. The fourth-order valence-corrected chi connectivity index (χ4v) is 3.70. The second-order valence-electron chi connectivity index (χ2n) is 7.67. The van der Waals surface area contributed by atoms with Gasteiger partial charge in [0.25, 0.3) is 0 Å². The molecule has 1 fully saturated rings. The Bertz CT molecular complexity index is 1140. The van der Waals surface area contributed by atoms with Gasteiger partial charge in [0.2, 0.25) is 0 Å². The van der Waals surface area contributed by atoms with Crippen LogP contribution in [-0.4, -0.2) is 67.2 Å². The number of nitrogens with one attached hydrogen (secondary N) is 1. The van der Waals surface area contributed by atoms with Gasteiger partial charge < -0.3 is 14.3 Å². The Morgan fingerprint density at radius 3 is 2.47 bits per heavy atom. The minimum atomic E-state index is 0.680. The van der Waals surface area contributed by atoms with Crippen LogP contribution in [0.4, 0.5) is 0 Å². The van der Waals surface area contributed by atoms with Crippen molar-refractivity contribution in [1.29, 1.82) is 0 Å². The molecule has 0 saturated carbocycles. The fraction of sp³-hybridized carbons (Fsp3) is 0.364. The van der Waals surface area contributed by atoms with Crippen LogP contribution in [0.25, 0.3) is 33.9 Å². The van der Waals surface area contributed by atoms with Crippen LogP contribution >= 0.6 is 0 Å². The smallest absolute Gasteiger partial charge is 0.197 e. The molecule has 0 atom stereocenters. The molecular weight excluding hydrogens is 378 g/mol. The number of morpholine rings is 1. The number of imidazole rings is 2. The monoisotopic (exact) mass is 403 g/mol. The zero-order chi connectivity index (χ0) is 20.5. The number of hydrogen-bond donors (Lipinski definition) is 1. The molecule has 0 amide bonds. The van der Waals surface area contributed by atoms with E-state index in [0.717, 1.165) is 79.1 Å². The first kappa shape index (κ1) is 18.9. The van der Waals surface area contributed by atoms with Gasteiger partial charge in [0, 0.05) is 43.0 Å². The van der Waals surface area contributed by atoms with E-state index in [1.807, 2.05) is 20.2 Å². The lowest BCUT2D eigenvalue weighted by atomic mass is 10.1. The van der Waals surface area contributed by atoms with Gasteiger partial charge in [-0.3, -0.25) is 4.90 Å². The van der Waals surface area contributed by atoms with Gasteiger partial charge in [-0.25, -0.2) is 19.9 Å². The lowest BCUT2D eigenvalue weighted by Crippen LogP contribution is -2.38. The number of H-pyrrole nitrogens is 1. The largest absolute Gasteiger partial charge is 0.379 e. The van der Waals surface area contributed by atoms with Crippen molar-refractivity contribution < 1.29 is 4.74 Å². The van der Waals surface area contributed by atoms with Gasteiger partial charge in [0.1, 0.15) is 5.82 Å². The van der Waals surface area contributed by atoms with Crippen LogP contribution in [0.3, 0.4) is 0 Å². The lowest BCUT2D eigenvalue weighted by Gasteiger charge is -2.26. The fourth-order valence-electron chi connectivity index (χ4n) is 3.70. The summed E-state index contributed by atoms with van der Waals surface area (Å²) in [5, 5.41) is 0. The number of hydrogen-bond acceptors (Lipinski definition) is 6. The molecule has 1 saturated heterocycles. The van der Waals surface area contributed by atoms with Gasteiger partial charge in [-0.05, 0) is 13.8 Å². The zero-order valence-electron chi connectivity index (χ0n) is 17.3. The predicted octanol–water partition coefficient (Wildman–Crippen LogP) is 2.83. The summed E-state index contributed by atoms with van der Waals surface area (Å²) in [6.45, 7) is 9.41. The molecule has 0 spiro atoms. The number of aromatic amines is 1. The molecule has 30 heavy (non-hydrogen) atoms. The van der Waals surface area contributed by atoms with Crippen molar-refractivity contribution in [1.82, 2.24) is 34.4 Å². The Balaban J connectivity index is 1.37.